The summed E-state index contributed by atoms with van der Waals surface area (Å²) < 4.78 is 12.7. The minimum absolute atomic E-state index is 0.239. The van der Waals surface area contributed by atoms with Gasteiger partial charge in [-0.25, -0.2) is 0 Å². The first kappa shape index (κ1) is 19.6. The van der Waals surface area contributed by atoms with E-state index in [1.54, 1.807) is 0 Å². The van der Waals surface area contributed by atoms with Crippen LogP contribution < -0.4 is 0 Å². The lowest BCUT2D eigenvalue weighted by atomic mass is 9.68. The summed E-state index contributed by atoms with van der Waals surface area (Å²) in [7, 11) is 0. The predicted molar refractivity (Wildman–Crippen MR) is 104 cm³/mol. The molecular formula is C22H41NO2. The number of hydrogen-bond acceptors (Lipinski definition) is 3. The second-order valence-corrected chi connectivity index (χ2v) is 9.61. The highest BCUT2D eigenvalue weighted by atomic mass is 16.7. The molecule has 1 atom stereocenters. The molecule has 25 heavy (non-hydrogen) atoms. The topological polar surface area (TPSA) is 21.7 Å². The van der Waals surface area contributed by atoms with Crippen molar-refractivity contribution in [3.8, 4) is 0 Å². The van der Waals surface area contributed by atoms with Gasteiger partial charge >= 0.3 is 0 Å². The van der Waals surface area contributed by atoms with Crippen LogP contribution in [0.4, 0.5) is 0 Å². The molecule has 1 aliphatic heterocycles. The summed E-state index contributed by atoms with van der Waals surface area (Å²) in [5.74, 6) is 1.57. The molecule has 3 aliphatic rings. The van der Waals surface area contributed by atoms with E-state index in [0.717, 1.165) is 37.7 Å². The summed E-state index contributed by atoms with van der Waals surface area (Å²) in [5.41, 5.74) is 0.461. The van der Waals surface area contributed by atoms with Crippen LogP contribution in [0.1, 0.15) is 85.5 Å². The second-order valence-electron chi connectivity index (χ2n) is 9.61. The first-order chi connectivity index (χ1) is 12.0. The van der Waals surface area contributed by atoms with Gasteiger partial charge in [-0.15, -0.1) is 0 Å². The van der Waals surface area contributed by atoms with Gasteiger partial charge in [-0.3, -0.25) is 0 Å². The molecule has 1 spiro atoms. The summed E-state index contributed by atoms with van der Waals surface area (Å²) >= 11 is 0. The fourth-order valence-corrected chi connectivity index (χ4v) is 4.75. The Morgan fingerprint density at radius 3 is 2.36 bits per heavy atom. The van der Waals surface area contributed by atoms with Crippen LogP contribution in [0, 0.1) is 17.3 Å². The lowest BCUT2D eigenvalue weighted by Crippen LogP contribution is -2.39. The van der Waals surface area contributed by atoms with E-state index in [0.29, 0.717) is 11.5 Å². The lowest BCUT2D eigenvalue weighted by molar-refractivity contribution is -0.197. The lowest BCUT2D eigenvalue weighted by Gasteiger charge is -2.42. The fraction of sp³-hybridized carbons (Fsp3) is 1.00. The van der Waals surface area contributed by atoms with Crippen LogP contribution in [0.3, 0.4) is 0 Å². The fourth-order valence-electron chi connectivity index (χ4n) is 4.75. The maximum Gasteiger partial charge on any atom is 0.168 e. The van der Waals surface area contributed by atoms with Crippen LogP contribution in [0.15, 0.2) is 0 Å². The maximum atomic E-state index is 6.48. The quantitative estimate of drug-likeness (QED) is 0.567. The van der Waals surface area contributed by atoms with E-state index in [1.165, 1.54) is 58.2 Å². The SMILES string of the molecule is CCCN(CCC1COC2(CCC(C(C)(C)CC)CC2)O1)CC1CC1. The third-order valence-corrected chi connectivity index (χ3v) is 7.20. The van der Waals surface area contributed by atoms with Crippen molar-refractivity contribution >= 4 is 0 Å². The molecule has 0 amide bonds. The van der Waals surface area contributed by atoms with Gasteiger partial charge < -0.3 is 14.4 Å². The van der Waals surface area contributed by atoms with Crippen molar-refractivity contribution in [2.24, 2.45) is 17.3 Å². The Bertz CT molecular complexity index is 410. The molecule has 0 aromatic rings. The van der Waals surface area contributed by atoms with Crippen LogP contribution in [-0.4, -0.2) is 43.0 Å². The van der Waals surface area contributed by atoms with Gasteiger partial charge in [-0.05, 0) is 62.3 Å². The van der Waals surface area contributed by atoms with Crippen molar-refractivity contribution < 1.29 is 9.47 Å². The Hall–Kier alpha value is -0.120. The Morgan fingerprint density at radius 2 is 1.76 bits per heavy atom. The molecule has 2 saturated carbocycles. The number of rotatable bonds is 9. The highest BCUT2D eigenvalue weighted by Gasteiger charge is 2.46. The Balaban J connectivity index is 1.42. The van der Waals surface area contributed by atoms with Gasteiger partial charge in [0.05, 0.1) is 12.7 Å². The zero-order valence-electron chi connectivity index (χ0n) is 17.2. The zero-order valence-corrected chi connectivity index (χ0v) is 17.2. The third kappa shape index (κ3) is 5.20. The molecule has 3 nitrogen and oxygen atoms in total. The molecule has 0 aromatic heterocycles. The minimum atomic E-state index is -0.239. The van der Waals surface area contributed by atoms with E-state index in [4.69, 9.17) is 9.47 Å². The van der Waals surface area contributed by atoms with E-state index in [1.807, 2.05) is 0 Å². The predicted octanol–water partition coefficient (Wildman–Crippen LogP) is 5.24. The molecule has 3 heteroatoms. The van der Waals surface area contributed by atoms with E-state index in [9.17, 15) is 0 Å². The van der Waals surface area contributed by atoms with Gasteiger partial charge in [0.15, 0.2) is 5.79 Å². The Morgan fingerprint density at radius 1 is 1.04 bits per heavy atom. The monoisotopic (exact) mass is 351 g/mol. The summed E-state index contributed by atoms with van der Waals surface area (Å²) in [6.07, 6.45) is 11.6. The van der Waals surface area contributed by atoms with E-state index in [-0.39, 0.29) is 5.79 Å². The molecule has 2 aliphatic carbocycles. The van der Waals surface area contributed by atoms with Crippen LogP contribution >= 0.6 is 0 Å². The van der Waals surface area contributed by atoms with E-state index in [2.05, 4.69) is 32.6 Å². The van der Waals surface area contributed by atoms with Crippen LogP contribution in [-0.2, 0) is 9.47 Å². The molecule has 0 N–H and O–H groups in total. The van der Waals surface area contributed by atoms with E-state index >= 15 is 0 Å². The van der Waals surface area contributed by atoms with Crippen molar-refractivity contribution in [2.45, 2.75) is 97.4 Å². The van der Waals surface area contributed by atoms with Crippen LogP contribution in [0.2, 0.25) is 0 Å². The van der Waals surface area contributed by atoms with Crippen LogP contribution in [0.25, 0.3) is 0 Å². The van der Waals surface area contributed by atoms with Gasteiger partial charge in [0.2, 0.25) is 0 Å². The molecule has 3 rings (SSSR count). The molecule has 3 fully saturated rings. The van der Waals surface area contributed by atoms with Gasteiger partial charge in [0, 0.05) is 25.9 Å². The first-order valence-corrected chi connectivity index (χ1v) is 11.0. The van der Waals surface area contributed by atoms with E-state index < -0.39 is 0 Å². The zero-order chi connectivity index (χ0) is 17.9. The number of ether oxygens (including phenoxy) is 2. The van der Waals surface area contributed by atoms with Crippen molar-refractivity contribution in [3.63, 3.8) is 0 Å². The molecular weight excluding hydrogens is 310 g/mol. The number of nitrogens with zero attached hydrogens (tertiary/aromatic N) is 1. The molecule has 146 valence electrons. The largest absolute Gasteiger partial charge is 0.347 e. The standard InChI is InChI=1S/C22H41NO2/c1-5-14-23(16-18-7-8-18)15-11-20-17-24-22(25-20)12-9-19(10-13-22)21(3,4)6-2/h18-20H,5-17H2,1-4H3. The van der Waals surface area contributed by atoms with Crippen molar-refractivity contribution in [3.05, 3.63) is 0 Å². The van der Waals surface area contributed by atoms with Crippen LogP contribution in [0.5, 0.6) is 0 Å². The highest BCUT2D eigenvalue weighted by molar-refractivity contribution is 4.90. The third-order valence-electron chi connectivity index (χ3n) is 7.20. The summed E-state index contributed by atoms with van der Waals surface area (Å²) in [6, 6.07) is 0. The van der Waals surface area contributed by atoms with Gasteiger partial charge in [-0.2, -0.15) is 0 Å². The van der Waals surface area contributed by atoms with Crippen molar-refractivity contribution in [2.75, 3.05) is 26.2 Å². The van der Waals surface area contributed by atoms with Crippen molar-refractivity contribution in [1.82, 2.24) is 4.90 Å². The molecule has 0 bridgehead atoms. The highest BCUT2D eigenvalue weighted by Crippen LogP contribution is 2.47. The minimum Gasteiger partial charge on any atom is -0.347 e. The van der Waals surface area contributed by atoms with Gasteiger partial charge in [0.1, 0.15) is 0 Å². The molecule has 1 unspecified atom stereocenters. The average Bonchev–Trinajstić information content (AvgIpc) is 3.34. The smallest absolute Gasteiger partial charge is 0.168 e. The Kier molecular flexibility index (Phi) is 6.50. The molecule has 1 saturated heterocycles. The molecule has 0 aromatic carbocycles. The summed E-state index contributed by atoms with van der Waals surface area (Å²) in [5, 5.41) is 0. The maximum absolute atomic E-state index is 6.48. The molecule has 0 radical (unpaired) electrons. The number of hydrogen-bond donors (Lipinski definition) is 0. The first-order valence-electron chi connectivity index (χ1n) is 11.0. The second kappa shape index (κ2) is 8.27. The van der Waals surface area contributed by atoms with Crippen molar-refractivity contribution in [1.29, 1.82) is 0 Å². The van der Waals surface area contributed by atoms with Gasteiger partial charge in [-0.1, -0.05) is 34.1 Å². The Labute approximate surface area is 155 Å². The van der Waals surface area contributed by atoms with Gasteiger partial charge in [0.25, 0.3) is 0 Å². The molecule has 1 heterocycles. The summed E-state index contributed by atoms with van der Waals surface area (Å²) in [4.78, 5) is 2.66. The normalized spacial score (nSPS) is 33.5. The summed E-state index contributed by atoms with van der Waals surface area (Å²) in [6.45, 7) is 14.0. The average molecular weight is 352 g/mol.